The second kappa shape index (κ2) is 7.83. The molecule has 3 rings (SSSR count). The van der Waals surface area contributed by atoms with E-state index in [2.05, 4.69) is 31.7 Å². The van der Waals surface area contributed by atoms with Crippen LogP contribution in [0, 0.1) is 0 Å². The van der Waals surface area contributed by atoms with Gasteiger partial charge < -0.3 is 10.6 Å². The number of para-hydroxylation sites is 2. The van der Waals surface area contributed by atoms with E-state index in [9.17, 15) is 18.0 Å². The molecule has 140 valence electrons. The van der Waals surface area contributed by atoms with Gasteiger partial charge in [-0.2, -0.15) is 18.3 Å². The molecule has 9 heteroatoms. The molecular weight excluding hydrogens is 425 g/mol. The van der Waals surface area contributed by atoms with Gasteiger partial charge in [-0.25, -0.2) is 4.68 Å². The van der Waals surface area contributed by atoms with Crippen LogP contribution in [-0.2, 0) is 0 Å². The van der Waals surface area contributed by atoms with Gasteiger partial charge in [-0.05, 0) is 36.4 Å². The van der Waals surface area contributed by atoms with Gasteiger partial charge in [0.2, 0.25) is 0 Å². The van der Waals surface area contributed by atoms with Crippen LogP contribution < -0.4 is 10.6 Å². The second-order valence-electron chi connectivity index (χ2n) is 5.62. The topological polar surface area (TPSA) is 59.0 Å². The smallest absolute Gasteiger partial charge is 0.375 e. The lowest BCUT2D eigenvalue weighted by atomic mass is 10.2. The Bertz CT molecular complexity index is 938. The van der Waals surface area contributed by atoms with E-state index in [1.807, 2.05) is 24.3 Å². The van der Waals surface area contributed by atoms with Gasteiger partial charge in [0.1, 0.15) is 6.54 Å². The van der Waals surface area contributed by atoms with E-state index >= 15 is 0 Å². The van der Waals surface area contributed by atoms with Crippen LogP contribution in [0.3, 0.4) is 0 Å². The molecule has 2 N–H and O–H groups in total. The van der Waals surface area contributed by atoms with Gasteiger partial charge in [0.15, 0.2) is 0 Å². The van der Waals surface area contributed by atoms with Crippen molar-refractivity contribution in [1.82, 2.24) is 9.78 Å². The first-order valence-electron chi connectivity index (χ1n) is 7.83. The fourth-order valence-electron chi connectivity index (χ4n) is 2.31. The molecule has 0 saturated carbocycles. The Labute approximate surface area is 161 Å². The predicted octanol–water partition coefficient (Wildman–Crippen LogP) is 4.86. The molecule has 0 radical (unpaired) electrons. The van der Waals surface area contributed by atoms with E-state index in [0.717, 1.165) is 10.2 Å². The number of alkyl halides is 3. The highest BCUT2D eigenvalue weighted by molar-refractivity contribution is 9.10. The highest BCUT2D eigenvalue weighted by Gasteiger charge is 2.27. The van der Waals surface area contributed by atoms with Crippen LogP contribution in [-0.4, -0.2) is 28.4 Å². The zero-order chi connectivity index (χ0) is 19.4. The fraction of sp³-hybridized carbons (Fsp3) is 0.111. The number of nitrogens with zero attached hydrogens (tertiary/aromatic N) is 2. The minimum absolute atomic E-state index is 0.184. The quantitative estimate of drug-likeness (QED) is 0.597. The maximum Gasteiger partial charge on any atom is 0.405 e. The molecule has 5 nitrogen and oxygen atoms in total. The normalized spacial score (nSPS) is 11.3. The van der Waals surface area contributed by atoms with Crippen molar-refractivity contribution >= 4 is 33.2 Å². The Morgan fingerprint density at radius 2 is 1.74 bits per heavy atom. The first kappa shape index (κ1) is 19.0. The summed E-state index contributed by atoms with van der Waals surface area (Å²) in [5, 5.41) is 9.03. The Morgan fingerprint density at radius 1 is 1.07 bits per heavy atom. The molecule has 2 aromatic carbocycles. The standard InChI is InChI=1S/C18H14BrF3N4O/c19-13-5-7-14(8-6-13)26-10-12(9-24-26)17(27)25-16-4-2-1-3-15(16)23-11-18(20,21)22/h1-10,23H,11H2,(H,25,27). The summed E-state index contributed by atoms with van der Waals surface area (Å²) in [5.41, 5.74) is 1.49. The second-order valence-corrected chi connectivity index (χ2v) is 6.53. The lowest BCUT2D eigenvalue weighted by Crippen LogP contribution is -2.22. The van der Waals surface area contributed by atoms with Gasteiger partial charge in [-0.15, -0.1) is 0 Å². The molecular formula is C18H14BrF3N4O. The van der Waals surface area contributed by atoms with E-state index < -0.39 is 18.6 Å². The number of carbonyl (C=O) groups excluding carboxylic acids is 1. The van der Waals surface area contributed by atoms with Crippen LogP contribution in [0.1, 0.15) is 10.4 Å². The van der Waals surface area contributed by atoms with Gasteiger partial charge in [0, 0.05) is 10.7 Å². The van der Waals surface area contributed by atoms with Gasteiger partial charge in [-0.1, -0.05) is 28.1 Å². The van der Waals surface area contributed by atoms with Crippen molar-refractivity contribution in [1.29, 1.82) is 0 Å². The summed E-state index contributed by atoms with van der Waals surface area (Å²) < 4.78 is 39.7. The lowest BCUT2D eigenvalue weighted by Gasteiger charge is -2.14. The minimum Gasteiger partial charge on any atom is -0.375 e. The van der Waals surface area contributed by atoms with E-state index in [1.165, 1.54) is 23.0 Å². The zero-order valence-electron chi connectivity index (χ0n) is 13.8. The summed E-state index contributed by atoms with van der Waals surface area (Å²) in [5.74, 6) is -0.473. The van der Waals surface area contributed by atoms with E-state index in [1.54, 1.807) is 18.3 Å². The molecule has 27 heavy (non-hydrogen) atoms. The molecule has 0 atom stereocenters. The fourth-order valence-corrected chi connectivity index (χ4v) is 2.58. The summed E-state index contributed by atoms with van der Waals surface area (Å²) in [6.45, 7) is -1.19. The molecule has 0 bridgehead atoms. The summed E-state index contributed by atoms with van der Waals surface area (Å²) in [7, 11) is 0. The van der Waals surface area contributed by atoms with Gasteiger partial charge in [-0.3, -0.25) is 4.79 Å². The number of benzene rings is 2. The summed E-state index contributed by atoms with van der Waals surface area (Å²) in [4.78, 5) is 12.4. The van der Waals surface area contributed by atoms with Crippen LogP contribution in [0.25, 0.3) is 5.69 Å². The summed E-state index contributed by atoms with van der Waals surface area (Å²) >= 11 is 3.35. The molecule has 0 aliphatic rings. The van der Waals surface area contributed by atoms with Crippen molar-refractivity contribution < 1.29 is 18.0 Å². The molecule has 3 aromatic rings. The Balaban J connectivity index is 1.74. The van der Waals surface area contributed by atoms with Crippen LogP contribution in [0.4, 0.5) is 24.5 Å². The molecule has 0 aliphatic heterocycles. The molecule has 1 aromatic heterocycles. The summed E-state index contributed by atoms with van der Waals surface area (Å²) in [6.07, 6.45) is -1.42. The van der Waals surface area contributed by atoms with E-state index in [4.69, 9.17) is 0 Å². The number of hydrogen-bond donors (Lipinski definition) is 2. The third-order valence-corrected chi connectivity index (χ3v) is 4.12. The molecule has 0 saturated heterocycles. The lowest BCUT2D eigenvalue weighted by molar-refractivity contribution is -0.115. The molecule has 0 fully saturated rings. The van der Waals surface area contributed by atoms with Crippen molar-refractivity contribution in [3.63, 3.8) is 0 Å². The van der Waals surface area contributed by atoms with Gasteiger partial charge in [0.05, 0.1) is 28.8 Å². The summed E-state index contributed by atoms with van der Waals surface area (Å²) in [6, 6.07) is 13.5. The monoisotopic (exact) mass is 438 g/mol. The van der Waals surface area contributed by atoms with Gasteiger partial charge in [0.25, 0.3) is 5.91 Å². The number of anilines is 2. The number of amides is 1. The van der Waals surface area contributed by atoms with Gasteiger partial charge >= 0.3 is 6.18 Å². The average Bonchev–Trinajstić information content (AvgIpc) is 3.11. The van der Waals surface area contributed by atoms with Crippen molar-refractivity contribution in [3.8, 4) is 5.69 Å². The number of aromatic nitrogens is 2. The Morgan fingerprint density at radius 3 is 2.41 bits per heavy atom. The average molecular weight is 439 g/mol. The molecule has 1 heterocycles. The SMILES string of the molecule is O=C(Nc1ccccc1NCC(F)(F)F)c1cnn(-c2ccc(Br)cc2)c1. The number of carbonyl (C=O) groups is 1. The highest BCUT2D eigenvalue weighted by atomic mass is 79.9. The van der Waals surface area contributed by atoms with Crippen molar-refractivity contribution in [3.05, 3.63) is 71.0 Å². The Hall–Kier alpha value is -2.81. The zero-order valence-corrected chi connectivity index (χ0v) is 15.4. The van der Waals surface area contributed by atoms with Crippen molar-refractivity contribution in [2.45, 2.75) is 6.18 Å². The first-order valence-corrected chi connectivity index (χ1v) is 8.63. The number of rotatable bonds is 5. The minimum atomic E-state index is -4.36. The highest BCUT2D eigenvalue weighted by Crippen LogP contribution is 2.24. The molecule has 1 amide bonds. The van der Waals surface area contributed by atoms with E-state index in [-0.39, 0.29) is 16.9 Å². The predicted molar refractivity (Wildman–Crippen MR) is 100 cm³/mol. The number of hydrogen-bond acceptors (Lipinski definition) is 3. The third-order valence-electron chi connectivity index (χ3n) is 3.59. The first-order chi connectivity index (χ1) is 12.8. The van der Waals surface area contributed by atoms with Crippen LogP contribution >= 0.6 is 15.9 Å². The van der Waals surface area contributed by atoms with Crippen LogP contribution in [0.2, 0.25) is 0 Å². The molecule has 0 aliphatic carbocycles. The van der Waals surface area contributed by atoms with Crippen LogP contribution in [0.15, 0.2) is 65.4 Å². The number of nitrogens with one attached hydrogen (secondary N) is 2. The molecule has 0 spiro atoms. The van der Waals surface area contributed by atoms with Crippen molar-refractivity contribution in [2.75, 3.05) is 17.2 Å². The third kappa shape index (κ3) is 5.10. The Kier molecular flexibility index (Phi) is 5.50. The number of halogens is 4. The maximum atomic E-state index is 12.4. The maximum absolute atomic E-state index is 12.4. The van der Waals surface area contributed by atoms with E-state index in [0.29, 0.717) is 0 Å². The largest absolute Gasteiger partial charge is 0.405 e. The van der Waals surface area contributed by atoms with Crippen LogP contribution in [0.5, 0.6) is 0 Å². The van der Waals surface area contributed by atoms with Crippen molar-refractivity contribution in [2.24, 2.45) is 0 Å². The molecule has 0 unspecified atom stereocenters.